The number of pyridine rings is 1. The lowest BCUT2D eigenvalue weighted by Gasteiger charge is -2.33. The number of aromatic nitrogens is 1. The van der Waals surface area contributed by atoms with Gasteiger partial charge in [-0.1, -0.05) is 6.07 Å². The number of rotatable bonds is 4. The zero-order valence-electron chi connectivity index (χ0n) is 16.6. The molecule has 0 spiro atoms. The molecule has 0 aliphatic carbocycles. The summed E-state index contributed by atoms with van der Waals surface area (Å²) in [6.07, 6.45) is 3.28. The zero-order valence-corrected chi connectivity index (χ0v) is 16.6. The molecular weight excluding hydrogens is 362 g/mol. The summed E-state index contributed by atoms with van der Waals surface area (Å²) in [7, 11) is 1.68. The van der Waals surface area contributed by atoms with Gasteiger partial charge in [-0.25, -0.2) is 8.78 Å². The predicted molar refractivity (Wildman–Crippen MR) is 104 cm³/mol. The van der Waals surface area contributed by atoms with Gasteiger partial charge in [0.15, 0.2) is 11.6 Å². The maximum absolute atomic E-state index is 13.4. The second kappa shape index (κ2) is 8.25. The largest absolute Gasteiger partial charge is 0.338 e. The van der Waals surface area contributed by atoms with E-state index in [1.54, 1.807) is 24.9 Å². The molecule has 1 fully saturated rings. The number of carbonyl (C=O) groups excluding carboxylic acids is 1. The van der Waals surface area contributed by atoms with Crippen molar-refractivity contribution >= 4 is 5.91 Å². The summed E-state index contributed by atoms with van der Waals surface area (Å²) >= 11 is 0. The van der Waals surface area contributed by atoms with Crippen LogP contribution in [0.2, 0.25) is 0 Å². The molecule has 4 nitrogen and oxygen atoms in total. The average molecular weight is 388 g/mol. The third-order valence-electron chi connectivity index (χ3n) is 5.71. The smallest absolute Gasteiger partial charge is 0.263 e. The molecule has 1 atom stereocenters. The van der Waals surface area contributed by atoms with E-state index in [2.05, 4.69) is 0 Å². The van der Waals surface area contributed by atoms with E-state index in [9.17, 15) is 18.4 Å². The van der Waals surface area contributed by atoms with Crippen LogP contribution < -0.4 is 5.56 Å². The van der Waals surface area contributed by atoms with Gasteiger partial charge in [0, 0.05) is 25.8 Å². The van der Waals surface area contributed by atoms with E-state index in [-0.39, 0.29) is 22.9 Å². The molecule has 0 saturated carbocycles. The number of aryl methyl sites for hydroxylation is 3. The van der Waals surface area contributed by atoms with Crippen LogP contribution in [0.4, 0.5) is 8.78 Å². The fraction of sp³-hybridized carbons (Fsp3) is 0.455. The number of halogens is 2. The molecule has 3 rings (SSSR count). The van der Waals surface area contributed by atoms with Gasteiger partial charge in [0.05, 0.1) is 0 Å². The first-order valence-corrected chi connectivity index (χ1v) is 9.68. The molecule has 1 aliphatic heterocycles. The van der Waals surface area contributed by atoms with Gasteiger partial charge in [0.2, 0.25) is 0 Å². The van der Waals surface area contributed by atoms with Crippen molar-refractivity contribution in [1.29, 1.82) is 0 Å². The molecule has 28 heavy (non-hydrogen) atoms. The number of nitrogens with zero attached hydrogens (tertiary/aromatic N) is 2. The number of benzene rings is 1. The van der Waals surface area contributed by atoms with Gasteiger partial charge in [0.25, 0.3) is 11.5 Å². The van der Waals surface area contributed by atoms with Crippen molar-refractivity contribution in [2.45, 2.75) is 39.5 Å². The molecule has 2 aromatic rings. The Hall–Kier alpha value is -2.50. The third kappa shape index (κ3) is 4.16. The highest BCUT2D eigenvalue weighted by Gasteiger charge is 2.27. The molecule has 0 radical (unpaired) electrons. The molecule has 0 bridgehead atoms. The predicted octanol–water partition coefficient (Wildman–Crippen LogP) is 3.77. The molecule has 150 valence electrons. The Morgan fingerprint density at radius 1 is 1.18 bits per heavy atom. The Morgan fingerprint density at radius 3 is 2.64 bits per heavy atom. The van der Waals surface area contributed by atoms with Crippen LogP contribution in [0.3, 0.4) is 0 Å². The lowest BCUT2D eigenvalue weighted by atomic mass is 9.91. The highest BCUT2D eigenvalue weighted by Crippen LogP contribution is 2.23. The van der Waals surface area contributed by atoms with E-state index in [0.717, 1.165) is 36.6 Å². The zero-order chi connectivity index (χ0) is 20.4. The number of carbonyl (C=O) groups is 1. The summed E-state index contributed by atoms with van der Waals surface area (Å²) < 4.78 is 27.9. The molecule has 1 aliphatic rings. The molecule has 1 aromatic heterocycles. The Morgan fingerprint density at radius 2 is 1.93 bits per heavy atom. The van der Waals surface area contributed by atoms with Crippen LogP contribution in [0.15, 0.2) is 29.1 Å². The van der Waals surface area contributed by atoms with Crippen LogP contribution >= 0.6 is 0 Å². The first kappa shape index (κ1) is 20.2. The van der Waals surface area contributed by atoms with Crippen molar-refractivity contribution in [3.63, 3.8) is 0 Å². The molecule has 0 N–H and O–H groups in total. The second-order valence-corrected chi connectivity index (χ2v) is 7.75. The van der Waals surface area contributed by atoms with Crippen LogP contribution in [-0.4, -0.2) is 28.5 Å². The minimum Gasteiger partial charge on any atom is -0.338 e. The number of piperidine rings is 1. The SMILES string of the molecule is Cc1cc(C)n(C)c(=O)c1C(=O)N1CCC[C@@H](CCc2ccc(F)c(F)c2)C1. The number of hydrogen-bond acceptors (Lipinski definition) is 2. The van der Waals surface area contributed by atoms with Gasteiger partial charge in [0.1, 0.15) is 5.56 Å². The average Bonchev–Trinajstić information content (AvgIpc) is 2.67. The van der Waals surface area contributed by atoms with E-state index in [4.69, 9.17) is 0 Å². The highest BCUT2D eigenvalue weighted by atomic mass is 19.2. The summed E-state index contributed by atoms with van der Waals surface area (Å²) in [5.41, 5.74) is 2.27. The van der Waals surface area contributed by atoms with Crippen molar-refractivity contribution in [3.8, 4) is 0 Å². The lowest BCUT2D eigenvalue weighted by molar-refractivity contribution is 0.0665. The molecule has 0 unspecified atom stereocenters. The molecular formula is C22H26F2N2O2. The minimum atomic E-state index is -0.840. The van der Waals surface area contributed by atoms with Crippen molar-refractivity contribution in [1.82, 2.24) is 9.47 Å². The van der Waals surface area contributed by atoms with Crippen LogP contribution in [0.25, 0.3) is 0 Å². The summed E-state index contributed by atoms with van der Waals surface area (Å²) in [6.45, 7) is 4.86. The van der Waals surface area contributed by atoms with Crippen molar-refractivity contribution in [2.24, 2.45) is 13.0 Å². The highest BCUT2D eigenvalue weighted by molar-refractivity contribution is 5.95. The summed E-state index contributed by atoms with van der Waals surface area (Å²) in [5.74, 6) is -1.60. The Kier molecular flexibility index (Phi) is 5.96. The Labute approximate surface area is 163 Å². The van der Waals surface area contributed by atoms with E-state index < -0.39 is 11.6 Å². The number of hydrogen-bond donors (Lipinski definition) is 0. The molecule has 2 heterocycles. The maximum Gasteiger partial charge on any atom is 0.263 e. The van der Waals surface area contributed by atoms with Crippen molar-refractivity contribution in [2.75, 3.05) is 13.1 Å². The van der Waals surface area contributed by atoms with Gasteiger partial charge in [-0.15, -0.1) is 0 Å². The fourth-order valence-corrected chi connectivity index (χ4v) is 3.95. The van der Waals surface area contributed by atoms with Crippen molar-refractivity contribution in [3.05, 3.63) is 68.6 Å². The van der Waals surface area contributed by atoms with Crippen LogP contribution in [0, 0.1) is 31.4 Å². The standard InChI is InChI=1S/C22H26F2N2O2/c1-14-11-15(2)25(3)21(27)20(14)22(28)26-10-4-5-17(13-26)7-6-16-8-9-18(23)19(24)12-16/h8-9,11-12,17H,4-7,10,13H2,1-3H3/t17-/m0/s1. The van der Waals surface area contributed by atoms with E-state index in [0.29, 0.717) is 25.1 Å². The van der Waals surface area contributed by atoms with Crippen LogP contribution in [0.5, 0.6) is 0 Å². The topological polar surface area (TPSA) is 42.3 Å². The maximum atomic E-state index is 13.4. The van der Waals surface area contributed by atoms with Gasteiger partial charge >= 0.3 is 0 Å². The number of likely N-dealkylation sites (tertiary alicyclic amines) is 1. The molecule has 6 heteroatoms. The minimum absolute atomic E-state index is 0.212. The molecule has 1 saturated heterocycles. The molecule has 1 amide bonds. The fourth-order valence-electron chi connectivity index (χ4n) is 3.95. The van der Waals surface area contributed by atoms with Gasteiger partial charge in [-0.05, 0) is 74.8 Å². The van der Waals surface area contributed by atoms with E-state index in [1.165, 1.54) is 10.6 Å². The first-order chi connectivity index (χ1) is 13.3. The van der Waals surface area contributed by atoms with Gasteiger partial charge in [-0.2, -0.15) is 0 Å². The Bertz CT molecular complexity index is 952. The Balaban J connectivity index is 1.69. The summed E-state index contributed by atoms with van der Waals surface area (Å²) in [4.78, 5) is 27.4. The lowest BCUT2D eigenvalue weighted by Crippen LogP contribution is -2.43. The third-order valence-corrected chi connectivity index (χ3v) is 5.71. The van der Waals surface area contributed by atoms with E-state index >= 15 is 0 Å². The quantitative estimate of drug-likeness (QED) is 0.800. The van der Waals surface area contributed by atoms with Crippen molar-refractivity contribution < 1.29 is 13.6 Å². The number of amides is 1. The van der Waals surface area contributed by atoms with Crippen LogP contribution in [-0.2, 0) is 13.5 Å². The van der Waals surface area contributed by atoms with Crippen LogP contribution in [0.1, 0.15) is 46.4 Å². The van der Waals surface area contributed by atoms with E-state index in [1.807, 2.05) is 13.0 Å². The summed E-state index contributed by atoms with van der Waals surface area (Å²) in [6, 6.07) is 5.85. The monoisotopic (exact) mass is 388 g/mol. The first-order valence-electron chi connectivity index (χ1n) is 9.68. The second-order valence-electron chi connectivity index (χ2n) is 7.75. The van der Waals surface area contributed by atoms with Gasteiger partial charge < -0.3 is 9.47 Å². The van der Waals surface area contributed by atoms with Gasteiger partial charge in [-0.3, -0.25) is 9.59 Å². The molecule has 1 aromatic carbocycles. The normalized spacial score (nSPS) is 17.0. The summed E-state index contributed by atoms with van der Waals surface area (Å²) in [5, 5.41) is 0.